The molecule has 0 unspecified atom stereocenters. The molecule has 3 aromatic heterocycles. The maximum atomic E-state index is 12.7. The van der Waals surface area contributed by atoms with Gasteiger partial charge >= 0.3 is 6.36 Å². The molecule has 0 atom stereocenters. The Morgan fingerprint density at radius 1 is 1.13 bits per heavy atom. The van der Waals surface area contributed by atoms with Gasteiger partial charge < -0.3 is 4.74 Å². The Morgan fingerprint density at radius 2 is 1.90 bits per heavy atom. The van der Waals surface area contributed by atoms with E-state index < -0.39 is 6.36 Å². The van der Waals surface area contributed by atoms with Gasteiger partial charge in [0, 0.05) is 23.0 Å². The van der Waals surface area contributed by atoms with E-state index in [1.807, 2.05) is 19.9 Å². The van der Waals surface area contributed by atoms with Gasteiger partial charge in [-0.15, -0.1) is 18.3 Å². The summed E-state index contributed by atoms with van der Waals surface area (Å²) < 4.78 is 45.2. The number of nitrogens with zero attached hydrogens (tertiary/aromatic N) is 5. The number of carbonyl (C=O) groups excluding carboxylic acids is 1. The molecule has 0 aliphatic heterocycles. The van der Waals surface area contributed by atoms with Crippen LogP contribution in [-0.2, 0) is 11.3 Å². The van der Waals surface area contributed by atoms with Gasteiger partial charge in [-0.1, -0.05) is 18.2 Å². The molecule has 0 spiro atoms. The van der Waals surface area contributed by atoms with Crippen molar-refractivity contribution in [3.8, 4) is 16.9 Å². The fourth-order valence-electron chi connectivity index (χ4n) is 3.15. The van der Waals surface area contributed by atoms with E-state index in [2.05, 4.69) is 25.2 Å². The highest BCUT2D eigenvalue weighted by atomic mass is 19.4. The molecule has 0 radical (unpaired) electrons. The number of halogens is 3. The first kappa shape index (κ1) is 20.4. The summed E-state index contributed by atoms with van der Waals surface area (Å²) in [7, 11) is 0. The summed E-state index contributed by atoms with van der Waals surface area (Å²) in [6, 6.07) is 10.9. The molecule has 4 rings (SSSR count). The van der Waals surface area contributed by atoms with Crippen LogP contribution in [0.4, 0.5) is 19.1 Å². The minimum atomic E-state index is -4.81. The fraction of sp³-hybridized carbons (Fsp3) is 0.200. The van der Waals surface area contributed by atoms with Gasteiger partial charge in [0.05, 0.1) is 5.69 Å². The summed E-state index contributed by atoms with van der Waals surface area (Å²) in [5.41, 5.74) is 2.75. The van der Waals surface area contributed by atoms with Crippen molar-refractivity contribution in [1.29, 1.82) is 0 Å². The number of amides is 1. The van der Waals surface area contributed by atoms with Crippen LogP contribution in [0, 0.1) is 13.8 Å². The zero-order valence-corrected chi connectivity index (χ0v) is 16.5. The maximum absolute atomic E-state index is 12.7. The van der Waals surface area contributed by atoms with Crippen LogP contribution in [0.5, 0.6) is 5.75 Å². The second-order valence-corrected chi connectivity index (χ2v) is 6.83. The number of hydrogen-bond acceptors (Lipinski definition) is 5. The van der Waals surface area contributed by atoms with Crippen molar-refractivity contribution < 1.29 is 22.7 Å². The molecule has 0 aliphatic carbocycles. The van der Waals surface area contributed by atoms with Crippen molar-refractivity contribution in [1.82, 2.24) is 24.4 Å². The summed E-state index contributed by atoms with van der Waals surface area (Å²) in [6.07, 6.45) is -3.30. The van der Waals surface area contributed by atoms with Crippen LogP contribution in [0.15, 0.2) is 48.7 Å². The lowest BCUT2D eigenvalue weighted by atomic mass is 10.1. The lowest BCUT2D eigenvalue weighted by molar-refractivity contribution is -0.274. The Labute approximate surface area is 174 Å². The normalized spacial score (nSPS) is 11.6. The average molecular weight is 430 g/mol. The highest BCUT2D eigenvalue weighted by Gasteiger charge is 2.32. The van der Waals surface area contributed by atoms with Gasteiger partial charge in [0.2, 0.25) is 11.9 Å². The largest absolute Gasteiger partial charge is 0.573 e. The van der Waals surface area contributed by atoms with E-state index in [1.165, 1.54) is 28.9 Å². The van der Waals surface area contributed by atoms with Crippen molar-refractivity contribution >= 4 is 17.5 Å². The number of pyridine rings is 1. The van der Waals surface area contributed by atoms with E-state index in [-0.39, 0.29) is 29.7 Å². The Kier molecular flexibility index (Phi) is 5.09. The SMILES string of the molecule is Cc1cc(C)n(CC(=O)Nc2nc3ccc(-c4ccccc4OC(F)(F)F)cn3n2)n1. The number of fused-ring (bicyclic) bond motifs is 1. The van der Waals surface area contributed by atoms with E-state index >= 15 is 0 Å². The van der Waals surface area contributed by atoms with Crippen LogP contribution >= 0.6 is 0 Å². The zero-order chi connectivity index (χ0) is 22.2. The summed E-state index contributed by atoms with van der Waals surface area (Å²) in [5.74, 6) is -0.609. The molecule has 0 bridgehead atoms. The summed E-state index contributed by atoms with van der Waals surface area (Å²) in [4.78, 5) is 16.5. The van der Waals surface area contributed by atoms with Crippen LogP contribution in [0.25, 0.3) is 16.8 Å². The lowest BCUT2D eigenvalue weighted by Gasteiger charge is -2.13. The van der Waals surface area contributed by atoms with E-state index in [0.29, 0.717) is 11.2 Å². The number of aromatic nitrogens is 5. The van der Waals surface area contributed by atoms with Gasteiger partial charge in [0.1, 0.15) is 12.3 Å². The number of aryl methyl sites for hydroxylation is 2. The molecule has 1 N–H and O–H groups in total. The number of alkyl halides is 3. The lowest BCUT2D eigenvalue weighted by Crippen LogP contribution is -2.21. The second-order valence-electron chi connectivity index (χ2n) is 6.83. The van der Waals surface area contributed by atoms with Crippen LogP contribution in [0.3, 0.4) is 0 Å². The molecule has 4 aromatic rings. The smallest absolute Gasteiger partial charge is 0.405 e. The predicted octanol–water partition coefficient (Wildman–Crippen LogP) is 3.75. The highest BCUT2D eigenvalue weighted by Crippen LogP contribution is 2.33. The van der Waals surface area contributed by atoms with Crippen molar-refractivity contribution in [2.45, 2.75) is 26.8 Å². The molecule has 0 fully saturated rings. The average Bonchev–Trinajstić information content (AvgIpc) is 3.21. The standard InChI is InChI=1S/C20H17F3N6O2/c1-12-9-13(2)28(26-12)11-18(30)25-19-24-17-8-7-14(10-29(17)27-19)15-5-3-4-6-16(15)31-20(21,22)23/h3-10H,11H2,1-2H3,(H,25,27,30). The molecule has 0 saturated carbocycles. The molecule has 0 aliphatic rings. The van der Waals surface area contributed by atoms with Crippen molar-refractivity contribution in [2.75, 3.05) is 5.32 Å². The maximum Gasteiger partial charge on any atom is 0.573 e. The first-order valence-electron chi connectivity index (χ1n) is 9.20. The number of anilines is 1. The fourth-order valence-corrected chi connectivity index (χ4v) is 3.15. The number of benzene rings is 1. The molecule has 11 heteroatoms. The van der Waals surface area contributed by atoms with Crippen molar-refractivity contribution in [2.24, 2.45) is 0 Å². The van der Waals surface area contributed by atoms with E-state index in [1.54, 1.807) is 22.9 Å². The molecule has 31 heavy (non-hydrogen) atoms. The number of ether oxygens (including phenoxy) is 1. The molecular formula is C20H17F3N6O2. The van der Waals surface area contributed by atoms with Gasteiger partial charge in [-0.25, -0.2) is 4.52 Å². The molecule has 8 nitrogen and oxygen atoms in total. The van der Waals surface area contributed by atoms with Crippen LogP contribution in [0.1, 0.15) is 11.4 Å². The molecule has 3 heterocycles. The number of hydrogen-bond donors (Lipinski definition) is 1. The first-order valence-corrected chi connectivity index (χ1v) is 9.20. The monoisotopic (exact) mass is 430 g/mol. The predicted molar refractivity (Wildman–Crippen MR) is 105 cm³/mol. The minimum absolute atomic E-state index is 0.00261. The van der Waals surface area contributed by atoms with Gasteiger partial charge in [0.15, 0.2) is 5.65 Å². The Morgan fingerprint density at radius 3 is 2.61 bits per heavy atom. The van der Waals surface area contributed by atoms with Crippen LogP contribution < -0.4 is 10.1 Å². The quantitative estimate of drug-likeness (QED) is 0.521. The molecular weight excluding hydrogens is 413 g/mol. The number of rotatable bonds is 5. The summed E-state index contributed by atoms with van der Waals surface area (Å²) in [6.45, 7) is 3.68. The highest BCUT2D eigenvalue weighted by molar-refractivity contribution is 5.89. The number of para-hydroxylation sites is 1. The number of nitrogens with one attached hydrogen (secondary N) is 1. The Bertz CT molecular complexity index is 1260. The van der Waals surface area contributed by atoms with Gasteiger partial charge in [-0.3, -0.25) is 14.8 Å². The third kappa shape index (κ3) is 4.65. The minimum Gasteiger partial charge on any atom is -0.405 e. The third-order valence-corrected chi connectivity index (χ3v) is 4.40. The van der Waals surface area contributed by atoms with Gasteiger partial charge in [-0.2, -0.15) is 10.1 Å². The summed E-state index contributed by atoms with van der Waals surface area (Å²) >= 11 is 0. The van der Waals surface area contributed by atoms with Crippen LogP contribution in [-0.4, -0.2) is 36.6 Å². The van der Waals surface area contributed by atoms with Gasteiger partial charge in [-0.05, 0) is 38.1 Å². The van der Waals surface area contributed by atoms with Crippen molar-refractivity contribution in [3.63, 3.8) is 0 Å². The van der Waals surface area contributed by atoms with E-state index in [0.717, 1.165) is 11.4 Å². The topological polar surface area (TPSA) is 86.3 Å². The van der Waals surface area contributed by atoms with Crippen LogP contribution in [0.2, 0.25) is 0 Å². The molecule has 1 aromatic carbocycles. The van der Waals surface area contributed by atoms with Crippen molar-refractivity contribution in [3.05, 3.63) is 60.0 Å². The Balaban J connectivity index is 1.57. The molecule has 1 amide bonds. The molecule has 0 saturated heterocycles. The number of carbonyl (C=O) groups is 1. The Hall–Kier alpha value is -3.89. The van der Waals surface area contributed by atoms with E-state index in [9.17, 15) is 18.0 Å². The first-order chi connectivity index (χ1) is 14.7. The molecule has 160 valence electrons. The summed E-state index contributed by atoms with van der Waals surface area (Å²) in [5, 5.41) is 11.0. The van der Waals surface area contributed by atoms with E-state index in [4.69, 9.17) is 0 Å². The van der Waals surface area contributed by atoms with Gasteiger partial charge in [0.25, 0.3) is 0 Å². The second kappa shape index (κ2) is 7.74. The zero-order valence-electron chi connectivity index (χ0n) is 16.5. The third-order valence-electron chi connectivity index (χ3n) is 4.40.